The number of aryl methyl sites for hydroxylation is 2. The number of likely N-dealkylation sites (tertiary alicyclic amines) is 1. The third kappa shape index (κ3) is 3.89. The van der Waals surface area contributed by atoms with Crippen molar-refractivity contribution in [1.82, 2.24) is 4.90 Å². The van der Waals surface area contributed by atoms with E-state index in [-0.39, 0.29) is 36.2 Å². The highest BCUT2D eigenvalue weighted by Gasteiger charge is 2.74. The van der Waals surface area contributed by atoms with Gasteiger partial charge in [-0.1, -0.05) is 31.2 Å². The van der Waals surface area contributed by atoms with E-state index in [4.69, 9.17) is 4.74 Å². The zero-order chi connectivity index (χ0) is 25.5. The monoisotopic (exact) mass is 500 g/mol. The van der Waals surface area contributed by atoms with Gasteiger partial charge >= 0.3 is 5.97 Å². The van der Waals surface area contributed by atoms with Crippen LogP contribution in [0.3, 0.4) is 0 Å². The van der Waals surface area contributed by atoms with Crippen LogP contribution in [0.15, 0.2) is 30.9 Å². The highest BCUT2D eigenvalue weighted by molar-refractivity contribution is 8.02. The largest absolute Gasteiger partial charge is 0.466 e. The molecule has 0 aliphatic carbocycles. The summed E-state index contributed by atoms with van der Waals surface area (Å²) in [6, 6.07) is 4.63. The summed E-state index contributed by atoms with van der Waals surface area (Å²) in [7, 11) is 0. The number of hydrogen-bond acceptors (Lipinski definition) is 6. The van der Waals surface area contributed by atoms with Gasteiger partial charge in [0.05, 0.1) is 35.8 Å². The number of esters is 1. The van der Waals surface area contributed by atoms with Crippen LogP contribution < -0.4 is 4.90 Å². The van der Waals surface area contributed by atoms with E-state index in [0.717, 1.165) is 23.2 Å². The molecule has 4 rings (SSSR count). The third-order valence-corrected chi connectivity index (χ3v) is 9.85. The zero-order valence-corrected chi connectivity index (χ0v) is 21.8. The number of fused-ring (bicyclic) bond motifs is 1. The molecule has 1 spiro atoms. The first-order valence-corrected chi connectivity index (χ1v) is 13.4. The zero-order valence-electron chi connectivity index (χ0n) is 21.0. The SMILES string of the molecule is C=CCN(C(=O)C1N([C@@H](CC)CO)C(=O)[C@@H]2[C@@H](C(=O)OCC)[C@H]3CCC12S3)c1c(C)cccc1C. The summed E-state index contributed by atoms with van der Waals surface area (Å²) in [4.78, 5) is 44.9. The number of amides is 2. The van der Waals surface area contributed by atoms with Crippen LogP contribution in [0, 0.1) is 25.7 Å². The number of para-hydroxylation sites is 1. The smallest absolute Gasteiger partial charge is 0.310 e. The van der Waals surface area contributed by atoms with Crippen LogP contribution in [0.4, 0.5) is 5.69 Å². The van der Waals surface area contributed by atoms with Crippen molar-refractivity contribution in [2.24, 2.45) is 11.8 Å². The molecule has 35 heavy (non-hydrogen) atoms. The topological polar surface area (TPSA) is 87.2 Å². The van der Waals surface area contributed by atoms with Crippen LogP contribution in [0.5, 0.6) is 0 Å². The second-order valence-electron chi connectivity index (χ2n) is 9.78. The number of aliphatic hydroxyl groups excluding tert-OH is 1. The summed E-state index contributed by atoms with van der Waals surface area (Å²) < 4.78 is 4.67. The van der Waals surface area contributed by atoms with E-state index in [1.54, 1.807) is 34.6 Å². The number of nitrogens with zero attached hydrogens (tertiary/aromatic N) is 2. The predicted molar refractivity (Wildman–Crippen MR) is 137 cm³/mol. The van der Waals surface area contributed by atoms with Crippen molar-refractivity contribution >= 4 is 35.2 Å². The fraction of sp³-hybridized carbons (Fsp3) is 0.593. The Morgan fingerprint density at radius 1 is 1.34 bits per heavy atom. The number of ether oxygens (including phenoxy) is 1. The second kappa shape index (κ2) is 9.97. The maximum absolute atomic E-state index is 14.5. The van der Waals surface area contributed by atoms with E-state index in [9.17, 15) is 19.5 Å². The quantitative estimate of drug-likeness (QED) is 0.414. The lowest BCUT2D eigenvalue weighted by Gasteiger charge is -2.40. The number of aliphatic hydroxyl groups is 1. The Balaban J connectivity index is 1.84. The predicted octanol–water partition coefficient (Wildman–Crippen LogP) is 3.25. The van der Waals surface area contributed by atoms with Gasteiger partial charge in [-0.05, 0) is 51.2 Å². The van der Waals surface area contributed by atoms with Crippen molar-refractivity contribution in [2.75, 3.05) is 24.7 Å². The van der Waals surface area contributed by atoms with Crippen molar-refractivity contribution in [3.63, 3.8) is 0 Å². The second-order valence-corrected chi connectivity index (χ2v) is 11.4. The Bertz CT molecular complexity index is 1000. The number of hydrogen-bond donors (Lipinski definition) is 1. The minimum atomic E-state index is -0.773. The van der Waals surface area contributed by atoms with Crippen LogP contribution in [0.2, 0.25) is 0 Å². The van der Waals surface area contributed by atoms with Gasteiger partial charge in [0, 0.05) is 17.5 Å². The first kappa shape index (κ1) is 25.8. The van der Waals surface area contributed by atoms with Gasteiger partial charge in [-0.2, -0.15) is 0 Å². The van der Waals surface area contributed by atoms with Crippen molar-refractivity contribution in [3.05, 3.63) is 42.0 Å². The third-order valence-electron chi connectivity index (χ3n) is 7.89. The molecule has 1 aromatic carbocycles. The van der Waals surface area contributed by atoms with Crippen LogP contribution in [-0.2, 0) is 19.1 Å². The summed E-state index contributed by atoms with van der Waals surface area (Å²) >= 11 is 1.61. The van der Waals surface area contributed by atoms with Crippen molar-refractivity contribution in [1.29, 1.82) is 0 Å². The maximum Gasteiger partial charge on any atom is 0.310 e. The molecule has 2 unspecified atom stereocenters. The first-order chi connectivity index (χ1) is 16.8. The standard InChI is InChI=1S/C27H36N2O5S/c1-6-14-28(22-16(4)10-9-11-17(22)5)25(32)23-27-13-12-19(35-27)20(26(33)34-8-3)21(27)24(31)29(23)18(7-2)15-30/h6,9-11,18-21,23,30H,1,7-8,12-15H2,2-5H3/t18-,19+,20-,21-,23?,27?/m0/s1. The molecule has 3 aliphatic rings. The Morgan fingerprint density at radius 3 is 2.60 bits per heavy atom. The average Bonchev–Trinajstić information content (AvgIpc) is 3.47. The molecule has 1 N–H and O–H groups in total. The number of carbonyl (C=O) groups is 3. The molecule has 3 fully saturated rings. The van der Waals surface area contributed by atoms with Gasteiger partial charge < -0.3 is 19.6 Å². The lowest BCUT2D eigenvalue weighted by molar-refractivity contribution is -0.154. The Labute approximate surface area is 211 Å². The molecule has 190 valence electrons. The minimum Gasteiger partial charge on any atom is -0.466 e. The molecule has 2 bridgehead atoms. The van der Waals surface area contributed by atoms with Crippen molar-refractivity contribution in [3.8, 4) is 0 Å². The number of anilines is 1. The lowest BCUT2D eigenvalue weighted by atomic mass is 9.71. The maximum atomic E-state index is 14.5. The molecule has 2 amide bonds. The molecule has 0 saturated carbocycles. The summed E-state index contributed by atoms with van der Waals surface area (Å²) in [5, 5.41) is 10.2. The molecular formula is C27H36N2O5S. The van der Waals surface area contributed by atoms with E-state index in [2.05, 4.69) is 6.58 Å². The average molecular weight is 501 g/mol. The molecule has 3 saturated heterocycles. The van der Waals surface area contributed by atoms with E-state index in [1.807, 2.05) is 39.0 Å². The van der Waals surface area contributed by atoms with Gasteiger partial charge in [0.15, 0.2) is 0 Å². The highest BCUT2D eigenvalue weighted by atomic mass is 32.2. The van der Waals surface area contributed by atoms with Gasteiger partial charge in [-0.15, -0.1) is 18.3 Å². The number of carbonyl (C=O) groups excluding carboxylic acids is 3. The summed E-state index contributed by atoms with van der Waals surface area (Å²) in [6.45, 7) is 11.8. The molecule has 3 heterocycles. The molecular weight excluding hydrogens is 464 g/mol. The lowest BCUT2D eigenvalue weighted by Crippen LogP contribution is -2.57. The number of rotatable bonds is 9. The van der Waals surface area contributed by atoms with Gasteiger partial charge in [-0.3, -0.25) is 14.4 Å². The van der Waals surface area contributed by atoms with E-state index in [1.165, 1.54) is 0 Å². The van der Waals surface area contributed by atoms with Gasteiger partial charge in [0.1, 0.15) is 6.04 Å². The van der Waals surface area contributed by atoms with E-state index < -0.39 is 28.7 Å². The van der Waals surface area contributed by atoms with Crippen LogP contribution in [0.25, 0.3) is 0 Å². The van der Waals surface area contributed by atoms with Gasteiger partial charge in [0.25, 0.3) is 5.91 Å². The summed E-state index contributed by atoms with van der Waals surface area (Å²) in [6.07, 6.45) is 3.65. The molecule has 0 radical (unpaired) electrons. The molecule has 1 aromatic rings. The van der Waals surface area contributed by atoms with Crippen LogP contribution in [-0.4, -0.2) is 69.6 Å². The molecule has 0 aromatic heterocycles. The number of benzene rings is 1. The Hall–Kier alpha value is -2.32. The fourth-order valence-electron chi connectivity index (χ4n) is 6.48. The van der Waals surface area contributed by atoms with Gasteiger partial charge in [0.2, 0.25) is 5.91 Å². The normalized spacial score (nSPS) is 29.7. The molecule has 8 heteroatoms. The number of thioether (sulfide) groups is 1. The van der Waals surface area contributed by atoms with Crippen LogP contribution >= 0.6 is 11.8 Å². The summed E-state index contributed by atoms with van der Waals surface area (Å²) in [5.41, 5.74) is 2.75. The van der Waals surface area contributed by atoms with Gasteiger partial charge in [-0.25, -0.2) is 0 Å². The first-order valence-electron chi connectivity index (χ1n) is 12.5. The van der Waals surface area contributed by atoms with E-state index in [0.29, 0.717) is 19.4 Å². The molecule has 7 nitrogen and oxygen atoms in total. The Kier molecular flexibility index (Phi) is 7.34. The minimum absolute atomic E-state index is 0.0392. The molecule has 3 aliphatic heterocycles. The van der Waals surface area contributed by atoms with Crippen LogP contribution in [0.1, 0.15) is 44.2 Å². The highest BCUT2D eigenvalue weighted by Crippen LogP contribution is 2.67. The molecule has 6 atom stereocenters. The van der Waals surface area contributed by atoms with E-state index >= 15 is 0 Å². The fourth-order valence-corrected chi connectivity index (χ4v) is 8.67. The van der Waals surface area contributed by atoms with Crippen molar-refractivity contribution < 1.29 is 24.2 Å². The summed E-state index contributed by atoms with van der Waals surface area (Å²) in [5.74, 6) is -1.93. The Morgan fingerprint density at radius 2 is 2.03 bits per heavy atom. The van der Waals surface area contributed by atoms with Crippen molar-refractivity contribution in [2.45, 2.75) is 69.0 Å².